The van der Waals surface area contributed by atoms with Crippen molar-refractivity contribution in [3.63, 3.8) is 0 Å². The second-order valence-corrected chi connectivity index (χ2v) is 6.03. The van der Waals surface area contributed by atoms with Crippen LogP contribution < -0.4 is 19.5 Å². The largest absolute Gasteiger partial charge is 0.493 e. The minimum absolute atomic E-state index is 0.0879. The highest BCUT2D eigenvalue weighted by Gasteiger charge is 2.08. The molecule has 0 fully saturated rings. The lowest BCUT2D eigenvalue weighted by Crippen LogP contribution is -2.28. The summed E-state index contributed by atoms with van der Waals surface area (Å²) in [6.07, 6.45) is 2.56. The molecule has 150 valence electrons. The van der Waals surface area contributed by atoms with Crippen molar-refractivity contribution >= 4 is 5.91 Å². The van der Waals surface area contributed by atoms with Crippen LogP contribution in [0.5, 0.6) is 17.2 Å². The second-order valence-electron chi connectivity index (χ2n) is 6.03. The molecule has 0 radical (unpaired) electrons. The number of hydrogen-bond acceptors (Lipinski definition) is 5. The van der Waals surface area contributed by atoms with Crippen LogP contribution in [0.15, 0.2) is 55.1 Å². The van der Waals surface area contributed by atoms with E-state index in [1.165, 1.54) is 0 Å². The Morgan fingerprint density at radius 3 is 2.43 bits per heavy atom. The van der Waals surface area contributed by atoms with Crippen LogP contribution in [0.1, 0.15) is 11.1 Å². The van der Waals surface area contributed by atoms with E-state index in [0.717, 1.165) is 23.3 Å². The third-order valence-corrected chi connectivity index (χ3v) is 3.94. The number of carbonyl (C=O) groups excluding carboxylic acids is 1. The third-order valence-electron chi connectivity index (χ3n) is 3.94. The molecule has 0 aromatic heterocycles. The van der Waals surface area contributed by atoms with Gasteiger partial charge in [-0.2, -0.15) is 0 Å². The van der Waals surface area contributed by atoms with Crippen molar-refractivity contribution in [2.75, 3.05) is 34.0 Å². The summed E-state index contributed by atoms with van der Waals surface area (Å²) in [5.74, 6) is 1.68. The van der Waals surface area contributed by atoms with Gasteiger partial charge >= 0.3 is 0 Å². The van der Waals surface area contributed by atoms with Crippen molar-refractivity contribution in [2.24, 2.45) is 0 Å². The lowest BCUT2D eigenvalue weighted by molar-refractivity contribution is -0.123. The number of benzene rings is 2. The molecule has 0 aliphatic heterocycles. The maximum atomic E-state index is 12.1. The van der Waals surface area contributed by atoms with E-state index in [0.29, 0.717) is 31.3 Å². The molecule has 0 aliphatic carbocycles. The molecule has 2 aromatic rings. The van der Waals surface area contributed by atoms with Crippen molar-refractivity contribution in [1.82, 2.24) is 5.32 Å². The number of ether oxygens (including phenoxy) is 4. The van der Waals surface area contributed by atoms with Crippen LogP contribution in [0.25, 0.3) is 0 Å². The van der Waals surface area contributed by atoms with Gasteiger partial charge in [0.15, 0.2) is 18.1 Å². The normalized spacial score (nSPS) is 10.2. The molecule has 0 unspecified atom stereocenters. The molecule has 6 nitrogen and oxygen atoms in total. The first kappa shape index (κ1) is 21.3. The first-order valence-corrected chi connectivity index (χ1v) is 9.04. The Morgan fingerprint density at radius 2 is 1.75 bits per heavy atom. The molecular weight excluding hydrogens is 358 g/mol. The van der Waals surface area contributed by atoms with Crippen LogP contribution in [0, 0.1) is 0 Å². The van der Waals surface area contributed by atoms with Crippen molar-refractivity contribution in [1.29, 1.82) is 0 Å². The topological polar surface area (TPSA) is 66.0 Å². The van der Waals surface area contributed by atoms with E-state index in [1.807, 2.05) is 42.5 Å². The van der Waals surface area contributed by atoms with E-state index >= 15 is 0 Å². The van der Waals surface area contributed by atoms with Gasteiger partial charge in [-0.1, -0.05) is 24.3 Å². The molecule has 1 amide bonds. The van der Waals surface area contributed by atoms with Gasteiger partial charge in [0, 0.05) is 13.7 Å². The predicted octanol–water partition coefficient (Wildman–Crippen LogP) is 3.14. The van der Waals surface area contributed by atoms with Crippen LogP contribution in [0.4, 0.5) is 0 Å². The fraction of sp³-hybridized carbons (Fsp3) is 0.318. The molecule has 1 N–H and O–H groups in total. The average molecular weight is 385 g/mol. The minimum atomic E-state index is -0.211. The first-order chi connectivity index (χ1) is 13.7. The Labute approximate surface area is 166 Å². The van der Waals surface area contributed by atoms with Crippen molar-refractivity contribution in [3.05, 3.63) is 66.2 Å². The van der Waals surface area contributed by atoms with Crippen LogP contribution >= 0.6 is 0 Å². The van der Waals surface area contributed by atoms with E-state index in [9.17, 15) is 4.79 Å². The molecule has 2 aromatic carbocycles. The number of carbonyl (C=O) groups is 1. The van der Waals surface area contributed by atoms with E-state index in [2.05, 4.69) is 11.9 Å². The standard InChI is InChI=1S/C22H27NO5/c1-4-5-17-8-11-20(21(14-17)26-3)28-16-22(24)23-15-18-6-9-19(10-7-18)27-13-12-25-2/h4,6-11,14H,1,5,12-13,15-16H2,2-3H3,(H,23,24). The Morgan fingerprint density at radius 1 is 1.00 bits per heavy atom. The minimum Gasteiger partial charge on any atom is -0.493 e. The average Bonchev–Trinajstić information content (AvgIpc) is 2.72. The summed E-state index contributed by atoms with van der Waals surface area (Å²) in [4.78, 5) is 12.1. The number of rotatable bonds is 12. The van der Waals surface area contributed by atoms with Gasteiger partial charge < -0.3 is 24.3 Å². The molecule has 0 heterocycles. The summed E-state index contributed by atoms with van der Waals surface area (Å²) < 4.78 is 21.4. The van der Waals surface area contributed by atoms with Gasteiger partial charge in [0.1, 0.15) is 12.4 Å². The van der Waals surface area contributed by atoms with Gasteiger partial charge in [0.05, 0.1) is 13.7 Å². The Bertz CT molecular complexity index is 758. The lowest BCUT2D eigenvalue weighted by atomic mass is 10.1. The monoisotopic (exact) mass is 385 g/mol. The highest BCUT2D eigenvalue weighted by molar-refractivity contribution is 5.77. The summed E-state index contributed by atoms with van der Waals surface area (Å²) in [5, 5.41) is 2.83. The van der Waals surface area contributed by atoms with Crippen LogP contribution in [-0.4, -0.2) is 39.9 Å². The predicted molar refractivity (Wildman–Crippen MR) is 108 cm³/mol. The highest BCUT2D eigenvalue weighted by Crippen LogP contribution is 2.28. The van der Waals surface area contributed by atoms with Crippen molar-refractivity contribution in [2.45, 2.75) is 13.0 Å². The SMILES string of the molecule is C=CCc1ccc(OCC(=O)NCc2ccc(OCCOC)cc2)c(OC)c1. The molecule has 0 atom stereocenters. The Hall–Kier alpha value is -2.99. The fourth-order valence-electron chi connectivity index (χ4n) is 2.47. The van der Waals surface area contributed by atoms with Gasteiger partial charge in [0.25, 0.3) is 5.91 Å². The van der Waals surface area contributed by atoms with E-state index in [4.69, 9.17) is 18.9 Å². The zero-order chi connectivity index (χ0) is 20.2. The van der Waals surface area contributed by atoms with Gasteiger partial charge in [-0.05, 0) is 41.8 Å². The number of allylic oxidation sites excluding steroid dienone is 1. The van der Waals surface area contributed by atoms with Crippen molar-refractivity contribution in [3.8, 4) is 17.2 Å². The smallest absolute Gasteiger partial charge is 0.258 e. The maximum absolute atomic E-state index is 12.1. The summed E-state index contributed by atoms with van der Waals surface area (Å²) in [6, 6.07) is 13.1. The Kier molecular flexibility index (Phi) is 8.88. The molecule has 0 saturated heterocycles. The van der Waals surface area contributed by atoms with E-state index < -0.39 is 0 Å². The molecule has 0 saturated carbocycles. The highest BCUT2D eigenvalue weighted by atomic mass is 16.5. The van der Waals surface area contributed by atoms with Crippen molar-refractivity contribution < 1.29 is 23.7 Å². The maximum Gasteiger partial charge on any atom is 0.258 e. The zero-order valence-electron chi connectivity index (χ0n) is 16.4. The van der Waals surface area contributed by atoms with Gasteiger partial charge in [-0.3, -0.25) is 4.79 Å². The fourth-order valence-corrected chi connectivity index (χ4v) is 2.47. The third kappa shape index (κ3) is 6.96. The first-order valence-electron chi connectivity index (χ1n) is 9.04. The summed E-state index contributed by atoms with van der Waals surface area (Å²) >= 11 is 0. The molecule has 0 bridgehead atoms. The number of nitrogens with one attached hydrogen (secondary N) is 1. The summed E-state index contributed by atoms with van der Waals surface area (Å²) in [6.45, 7) is 5.09. The number of methoxy groups -OCH3 is 2. The number of amides is 1. The molecule has 28 heavy (non-hydrogen) atoms. The zero-order valence-corrected chi connectivity index (χ0v) is 16.4. The van der Waals surface area contributed by atoms with Crippen LogP contribution in [0.3, 0.4) is 0 Å². The quantitative estimate of drug-likeness (QED) is 0.449. The van der Waals surface area contributed by atoms with E-state index in [-0.39, 0.29) is 12.5 Å². The van der Waals surface area contributed by atoms with Crippen LogP contribution in [-0.2, 0) is 22.5 Å². The lowest BCUT2D eigenvalue weighted by Gasteiger charge is -2.12. The molecule has 0 spiro atoms. The van der Waals surface area contributed by atoms with Gasteiger partial charge in [0.2, 0.25) is 0 Å². The van der Waals surface area contributed by atoms with Gasteiger partial charge in [-0.25, -0.2) is 0 Å². The summed E-state index contributed by atoms with van der Waals surface area (Å²) in [5.41, 5.74) is 2.04. The Balaban J connectivity index is 1.79. The number of hydrogen-bond donors (Lipinski definition) is 1. The van der Waals surface area contributed by atoms with Crippen LogP contribution in [0.2, 0.25) is 0 Å². The van der Waals surface area contributed by atoms with E-state index in [1.54, 1.807) is 20.3 Å². The second kappa shape index (κ2) is 11.7. The molecular formula is C22H27NO5. The van der Waals surface area contributed by atoms with Gasteiger partial charge in [-0.15, -0.1) is 6.58 Å². The molecule has 0 aliphatic rings. The molecule has 6 heteroatoms. The summed E-state index contributed by atoms with van der Waals surface area (Å²) in [7, 11) is 3.20. The molecule has 2 rings (SSSR count).